The first-order chi connectivity index (χ1) is 10.0. The number of oxime groups is 1. The van der Waals surface area contributed by atoms with Gasteiger partial charge in [0.15, 0.2) is 0 Å². The van der Waals surface area contributed by atoms with E-state index in [1.807, 2.05) is 19.1 Å². The molecular weight excluding hydrogens is 293 g/mol. The highest BCUT2D eigenvalue weighted by molar-refractivity contribution is 6.31. The standard InChI is InChI=1S/C16H15ClFNO2/c1-10-3-6-16(14(7-10)11(2)19-20)21-9-12-8-13(18)4-5-15(12)17/h3-8,20H,9H2,1-2H3/b19-11-. The van der Waals surface area contributed by atoms with Crippen LogP contribution in [0.5, 0.6) is 5.75 Å². The number of hydrogen-bond donors (Lipinski definition) is 1. The largest absolute Gasteiger partial charge is 0.488 e. The second kappa shape index (κ2) is 6.59. The van der Waals surface area contributed by atoms with Crippen LogP contribution in [0.2, 0.25) is 5.02 Å². The first-order valence-corrected chi connectivity index (χ1v) is 6.75. The number of hydrogen-bond acceptors (Lipinski definition) is 3. The first kappa shape index (κ1) is 15.3. The van der Waals surface area contributed by atoms with Crippen LogP contribution in [0, 0.1) is 12.7 Å². The molecule has 0 aromatic heterocycles. The number of rotatable bonds is 4. The minimum absolute atomic E-state index is 0.130. The maximum atomic E-state index is 13.2. The summed E-state index contributed by atoms with van der Waals surface area (Å²) >= 11 is 6.01. The SMILES string of the molecule is C/C(=N/O)c1cc(C)ccc1OCc1cc(F)ccc1Cl. The van der Waals surface area contributed by atoms with Crippen LogP contribution in [0.3, 0.4) is 0 Å². The molecule has 0 bridgehead atoms. The van der Waals surface area contributed by atoms with E-state index >= 15 is 0 Å². The molecule has 21 heavy (non-hydrogen) atoms. The fourth-order valence-corrected chi connectivity index (χ4v) is 2.09. The topological polar surface area (TPSA) is 41.8 Å². The predicted octanol–water partition coefficient (Wildman–Crippen LogP) is 4.56. The van der Waals surface area contributed by atoms with Gasteiger partial charge in [-0.15, -0.1) is 0 Å². The van der Waals surface area contributed by atoms with Gasteiger partial charge < -0.3 is 9.94 Å². The van der Waals surface area contributed by atoms with E-state index in [1.54, 1.807) is 13.0 Å². The van der Waals surface area contributed by atoms with Crippen LogP contribution >= 0.6 is 11.6 Å². The average Bonchev–Trinajstić information content (AvgIpc) is 2.48. The Morgan fingerprint density at radius 1 is 1.29 bits per heavy atom. The lowest BCUT2D eigenvalue weighted by molar-refractivity contribution is 0.303. The van der Waals surface area contributed by atoms with Crippen molar-refractivity contribution in [2.24, 2.45) is 5.16 Å². The highest BCUT2D eigenvalue weighted by Gasteiger charge is 2.10. The van der Waals surface area contributed by atoms with Gasteiger partial charge in [-0.1, -0.05) is 28.4 Å². The third-order valence-corrected chi connectivity index (χ3v) is 3.43. The predicted molar refractivity (Wildman–Crippen MR) is 80.9 cm³/mol. The van der Waals surface area contributed by atoms with Crippen molar-refractivity contribution in [1.29, 1.82) is 0 Å². The van der Waals surface area contributed by atoms with E-state index in [0.717, 1.165) is 5.56 Å². The summed E-state index contributed by atoms with van der Waals surface area (Å²) in [6.45, 7) is 3.74. The maximum Gasteiger partial charge on any atom is 0.128 e. The van der Waals surface area contributed by atoms with E-state index in [0.29, 0.717) is 27.6 Å². The van der Waals surface area contributed by atoms with Crippen LogP contribution in [-0.2, 0) is 6.61 Å². The Balaban J connectivity index is 2.26. The Labute approximate surface area is 127 Å². The van der Waals surface area contributed by atoms with E-state index in [9.17, 15) is 4.39 Å². The molecule has 3 nitrogen and oxygen atoms in total. The zero-order valence-corrected chi connectivity index (χ0v) is 12.5. The molecule has 0 saturated heterocycles. The summed E-state index contributed by atoms with van der Waals surface area (Å²) in [5.41, 5.74) is 2.70. The zero-order valence-electron chi connectivity index (χ0n) is 11.7. The van der Waals surface area contributed by atoms with Crippen molar-refractivity contribution in [3.8, 4) is 5.75 Å². The summed E-state index contributed by atoms with van der Waals surface area (Å²) in [7, 11) is 0. The molecule has 0 aliphatic carbocycles. The van der Waals surface area contributed by atoms with E-state index in [4.69, 9.17) is 21.5 Å². The molecule has 0 amide bonds. The lowest BCUT2D eigenvalue weighted by atomic mass is 10.1. The average molecular weight is 308 g/mol. The van der Waals surface area contributed by atoms with Crippen LogP contribution in [0.15, 0.2) is 41.6 Å². The second-order valence-electron chi connectivity index (χ2n) is 4.71. The summed E-state index contributed by atoms with van der Waals surface area (Å²) in [6, 6.07) is 9.65. The van der Waals surface area contributed by atoms with E-state index in [2.05, 4.69) is 5.16 Å². The number of nitrogens with zero attached hydrogens (tertiary/aromatic N) is 1. The first-order valence-electron chi connectivity index (χ1n) is 6.37. The maximum absolute atomic E-state index is 13.2. The summed E-state index contributed by atoms with van der Waals surface area (Å²) < 4.78 is 18.9. The Bertz CT molecular complexity index is 686. The van der Waals surface area contributed by atoms with Crippen LogP contribution in [0.1, 0.15) is 23.6 Å². The van der Waals surface area contributed by atoms with Gasteiger partial charge in [-0.05, 0) is 44.2 Å². The van der Waals surface area contributed by atoms with Crippen LogP contribution in [-0.4, -0.2) is 10.9 Å². The summed E-state index contributed by atoms with van der Waals surface area (Å²) in [5.74, 6) is 0.187. The lowest BCUT2D eigenvalue weighted by Gasteiger charge is -2.12. The number of halogens is 2. The fraction of sp³-hybridized carbons (Fsp3) is 0.188. The fourth-order valence-electron chi connectivity index (χ4n) is 1.92. The molecule has 0 spiro atoms. The molecule has 0 radical (unpaired) electrons. The number of aryl methyl sites for hydroxylation is 1. The van der Waals surface area contributed by atoms with Crippen molar-refractivity contribution in [2.75, 3.05) is 0 Å². The van der Waals surface area contributed by atoms with Crippen LogP contribution in [0.4, 0.5) is 4.39 Å². The van der Waals surface area contributed by atoms with E-state index in [1.165, 1.54) is 18.2 Å². The summed E-state index contributed by atoms with van der Waals surface area (Å²) in [4.78, 5) is 0. The van der Waals surface area contributed by atoms with Gasteiger partial charge in [0.2, 0.25) is 0 Å². The third kappa shape index (κ3) is 3.73. The monoisotopic (exact) mass is 307 g/mol. The molecule has 5 heteroatoms. The van der Waals surface area contributed by atoms with Gasteiger partial charge in [-0.2, -0.15) is 0 Å². The highest BCUT2D eigenvalue weighted by Crippen LogP contribution is 2.24. The molecule has 110 valence electrons. The molecular formula is C16H15ClFNO2. The molecule has 2 rings (SSSR count). The van der Waals surface area contributed by atoms with Crippen molar-refractivity contribution in [3.63, 3.8) is 0 Å². The Morgan fingerprint density at radius 2 is 2.05 bits per heavy atom. The van der Waals surface area contributed by atoms with Crippen LogP contribution in [0.25, 0.3) is 0 Å². The molecule has 0 fully saturated rings. The van der Waals surface area contributed by atoms with Gasteiger partial charge in [0.25, 0.3) is 0 Å². The summed E-state index contributed by atoms with van der Waals surface area (Å²) in [5, 5.41) is 12.6. The molecule has 2 aromatic carbocycles. The summed E-state index contributed by atoms with van der Waals surface area (Å²) in [6.07, 6.45) is 0. The number of ether oxygens (including phenoxy) is 1. The van der Waals surface area contributed by atoms with Crippen molar-refractivity contribution in [2.45, 2.75) is 20.5 Å². The van der Waals surface area contributed by atoms with Crippen molar-refractivity contribution < 1.29 is 14.3 Å². The van der Waals surface area contributed by atoms with Gasteiger partial charge in [0.1, 0.15) is 18.2 Å². The van der Waals surface area contributed by atoms with Crippen molar-refractivity contribution in [1.82, 2.24) is 0 Å². The Morgan fingerprint density at radius 3 is 2.76 bits per heavy atom. The van der Waals surface area contributed by atoms with Gasteiger partial charge in [0, 0.05) is 16.1 Å². The van der Waals surface area contributed by atoms with Crippen LogP contribution < -0.4 is 4.74 Å². The van der Waals surface area contributed by atoms with Gasteiger partial charge in [-0.3, -0.25) is 0 Å². The van der Waals surface area contributed by atoms with E-state index in [-0.39, 0.29) is 12.4 Å². The molecule has 0 heterocycles. The van der Waals surface area contributed by atoms with Gasteiger partial charge in [-0.25, -0.2) is 4.39 Å². The minimum atomic E-state index is -0.366. The molecule has 0 saturated carbocycles. The molecule has 0 aliphatic heterocycles. The Kier molecular flexibility index (Phi) is 4.81. The van der Waals surface area contributed by atoms with E-state index < -0.39 is 0 Å². The smallest absolute Gasteiger partial charge is 0.128 e. The quantitative estimate of drug-likeness (QED) is 0.511. The molecule has 1 N–H and O–H groups in total. The van der Waals surface area contributed by atoms with Crippen molar-refractivity contribution in [3.05, 3.63) is 63.9 Å². The second-order valence-corrected chi connectivity index (χ2v) is 5.12. The highest BCUT2D eigenvalue weighted by atomic mass is 35.5. The molecule has 2 aromatic rings. The third-order valence-electron chi connectivity index (χ3n) is 3.07. The number of benzene rings is 2. The van der Waals surface area contributed by atoms with Crippen molar-refractivity contribution >= 4 is 17.3 Å². The normalized spacial score (nSPS) is 11.5. The zero-order chi connectivity index (χ0) is 15.4. The lowest BCUT2D eigenvalue weighted by Crippen LogP contribution is -2.03. The van der Waals surface area contributed by atoms with Gasteiger partial charge in [0.05, 0.1) is 5.71 Å². The Hall–Kier alpha value is -2.07. The molecule has 0 unspecified atom stereocenters. The molecule has 0 aliphatic rings. The molecule has 0 atom stereocenters. The minimum Gasteiger partial charge on any atom is -0.488 e. The van der Waals surface area contributed by atoms with Gasteiger partial charge >= 0.3 is 0 Å².